The van der Waals surface area contributed by atoms with E-state index in [4.69, 9.17) is 11.6 Å². The molecular weight excluding hydrogens is 350 g/mol. The van der Waals surface area contributed by atoms with Crippen molar-refractivity contribution in [3.8, 4) is 0 Å². The van der Waals surface area contributed by atoms with Crippen molar-refractivity contribution < 1.29 is 8.78 Å². The molecule has 3 heteroatoms. The van der Waals surface area contributed by atoms with Crippen LogP contribution in [-0.2, 0) is 6.42 Å². The van der Waals surface area contributed by atoms with Crippen LogP contribution in [0.25, 0.3) is 0 Å². The minimum Gasteiger partial charge on any atom is -0.207 e. The number of hydrogen-bond donors (Lipinski definition) is 0. The van der Waals surface area contributed by atoms with Crippen LogP contribution in [0.5, 0.6) is 0 Å². The van der Waals surface area contributed by atoms with E-state index in [1.807, 2.05) is 12.1 Å². The third-order valence-electron chi connectivity index (χ3n) is 6.27. The maximum Gasteiger partial charge on any atom is 0.129 e. The standard InChI is InChI=1S/C23H23ClF2/c1-2-3-14-6-9-18-20(23(14)15-4-7-16(24)8-5-15)11-10-19-21(18)12-17(25)13-22(19)26/h2-5,7-8,12-14,18,20,23H,6,9-11H2,1H3/t14-,18-,20+,23-/m1/s1. The summed E-state index contributed by atoms with van der Waals surface area (Å²) in [6.45, 7) is 2.06. The van der Waals surface area contributed by atoms with E-state index >= 15 is 0 Å². The average molecular weight is 373 g/mol. The maximum atomic E-state index is 14.3. The molecule has 1 saturated carbocycles. The van der Waals surface area contributed by atoms with E-state index in [1.165, 1.54) is 5.56 Å². The molecule has 0 nitrogen and oxygen atoms in total. The summed E-state index contributed by atoms with van der Waals surface area (Å²) in [6, 6.07) is 10.7. The zero-order valence-corrected chi connectivity index (χ0v) is 15.6. The molecule has 0 bridgehead atoms. The van der Waals surface area contributed by atoms with Gasteiger partial charge in [-0.15, -0.1) is 0 Å². The van der Waals surface area contributed by atoms with Crippen LogP contribution in [0.4, 0.5) is 8.78 Å². The first-order chi connectivity index (χ1) is 12.6. The number of hydrogen-bond acceptors (Lipinski definition) is 0. The molecule has 0 spiro atoms. The van der Waals surface area contributed by atoms with Crippen LogP contribution in [0.2, 0.25) is 5.02 Å². The minimum absolute atomic E-state index is 0.228. The van der Waals surface area contributed by atoms with Crippen LogP contribution in [0.1, 0.15) is 54.7 Å². The first-order valence-electron chi connectivity index (χ1n) is 9.44. The molecule has 0 saturated heterocycles. The molecule has 2 aliphatic rings. The zero-order chi connectivity index (χ0) is 18.3. The topological polar surface area (TPSA) is 0 Å². The third kappa shape index (κ3) is 3.09. The largest absolute Gasteiger partial charge is 0.207 e. The fourth-order valence-electron chi connectivity index (χ4n) is 5.27. The van der Waals surface area contributed by atoms with Crippen LogP contribution in [0.3, 0.4) is 0 Å². The predicted molar refractivity (Wildman–Crippen MR) is 103 cm³/mol. The van der Waals surface area contributed by atoms with Crippen molar-refractivity contribution in [2.75, 3.05) is 0 Å². The fourth-order valence-corrected chi connectivity index (χ4v) is 5.40. The molecule has 4 rings (SSSR count). The summed E-state index contributed by atoms with van der Waals surface area (Å²) in [5.41, 5.74) is 2.91. The molecule has 2 aromatic rings. The Morgan fingerprint density at radius 2 is 1.81 bits per heavy atom. The van der Waals surface area contributed by atoms with E-state index < -0.39 is 5.82 Å². The van der Waals surface area contributed by atoms with Crippen molar-refractivity contribution in [2.45, 2.75) is 44.4 Å². The van der Waals surface area contributed by atoms with Gasteiger partial charge in [0.25, 0.3) is 0 Å². The first-order valence-corrected chi connectivity index (χ1v) is 9.82. The lowest BCUT2D eigenvalue weighted by Gasteiger charge is -2.46. The molecule has 4 atom stereocenters. The average Bonchev–Trinajstić information content (AvgIpc) is 2.62. The van der Waals surface area contributed by atoms with Crippen LogP contribution in [0.15, 0.2) is 48.6 Å². The highest BCUT2D eigenvalue weighted by molar-refractivity contribution is 6.30. The third-order valence-corrected chi connectivity index (χ3v) is 6.52. The second-order valence-corrected chi connectivity index (χ2v) is 8.05. The summed E-state index contributed by atoms with van der Waals surface area (Å²) < 4.78 is 28.2. The lowest BCUT2D eigenvalue weighted by Crippen LogP contribution is -2.35. The van der Waals surface area contributed by atoms with E-state index in [0.29, 0.717) is 24.2 Å². The van der Waals surface area contributed by atoms with Gasteiger partial charge in [0.2, 0.25) is 0 Å². The molecular formula is C23H23ClF2. The monoisotopic (exact) mass is 372 g/mol. The Labute approximate surface area is 158 Å². The van der Waals surface area contributed by atoms with Gasteiger partial charge in [0, 0.05) is 11.1 Å². The van der Waals surface area contributed by atoms with Gasteiger partial charge in [-0.05, 0) is 91.2 Å². The van der Waals surface area contributed by atoms with Crippen molar-refractivity contribution >= 4 is 11.6 Å². The molecule has 0 radical (unpaired) electrons. The Kier molecular flexibility index (Phi) is 4.88. The summed E-state index contributed by atoms with van der Waals surface area (Å²) in [5.74, 6) is 0.618. The van der Waals surface area contributed by atoms with Gasteiger partial charge in [0.05, 0.1) is 0 Å². The van der Waals surface area contributed by atoms with Crippen molar-refractivity contribution in [3.63, 3.8) is 0 Å². The van der Waals surface area contributed by atoms with E-state index in [1.54, 1.807) is 6.07 Å². The van der Waals surface area contributed by atoms with Gasteiger partial charge in [-0.2, -0.15) is 0 Å². The normalized spacial score (nSPS) is 28.0. The smallest absolute Gasteiger partial charge is 0.129 e. The van der Waals surface area contributed by atoms with Gasteiger partial charge in [0.1, 0.15) is 11.6 Å². The molecule has 26 heavy (non-hydrogen) atoms. The fraction of sp³-hybridized carbons (Fsp3) is 0.391. The Balaban J connectivity index is 1.77. The SMILES string of the molecule is CC=C[C@@H]1CC[C@H]2c3cc(F)cc(F)c3CC[C@@H]2[C@H]1c1ccc(Cl)cc1. The second kappa shape index (κ2) is 7.15. The van der Waals surface area contributed by atoms with Crippen molar-refractivity contribution in [3.05, 3.63) is 81.9 Å². The lowest BCUT2D eigenvalue weighted by molar-refractivity contribution is 0.194. The van der Waals surface area contributed by atoms with E-state index in [-0.39, 0.29) is 11.7 Å². The Hall–Kier alpha value is -1.67. The molecule has 2 aliphatic carbocycles. The molecule has 0 amide bonds. The number of fused-ring (bicyclic) bond motifs is 3. The molecule has 0 heterocycles. The zero-order valence-electron chi connectivity index (χ0n) is 14.9. The summed E-state index contributed by atoms with van der Waals surface area (Å²) in [7, 11) is 0. The number of rotatable bonds is 2. The van der Waals surface area contributed by atoms with Crippen molar-refractivity contribution in [1.82, 2.24) is 0 Å². The minimum atomic E-state index is -0.458. The summed E-state index contributed by atoms with van der Waals surface area (Å²) in [5, 5.41) is 0.738. The Bertz CT molecular complexity index is 825. The molecule has 136 valence electrons. The van der Waals surface area contributed by atoms with E-state index in [9.17, 15) is 8.78 Å². The highest BCUT2D eigenvalue weighted by atomic mass is 35.5. The number of halogens is 3. The molecule has 0 aliphatic heterocycles. The van der Waals surface area contributed by atoms with Gasteiger partial charge in [0.15, 0.2) is 0 Å². The van der Waals surface area contributed by atoms with Gasteiger partial charge in [-0.25, -0.2) is 8.78 Å². The van der Waals surface area contributed by atoms with Gasteiger partial charge < -0.3 is 0 Å². The number of benzene rings is 2. The van der Waals surface area contributed by atoms with Gasteiger partial charge in [-0.3, -0.25) is 0 Å². The van der Waals surface area contributed by atoms with Crippen LogP contribution >= 0.6 is 11.6 Å². The van der Waals surface area contributed by atoms with E-state index in [0.717, 1.165) is 41.5 Å². The molecule has 0 aromatic heterocycles. The Morgan fingerprint density at radius 3 is 2.54 bits per heavy atom. The quantitative estimate of drug-likeness (QED) is 0.496. The first kappa shape index (κ1) is 17.7. The van der Waals surface area contributed by atoms with Crippen LogP contribution in [0, 0.1) is 23.5 Å². The van der Waals surface area contributed by atoms with E-state index in [2.05, 4.69) is 31.2 Å². The van der Waals surface area contributed by atoms with Crippen molar-refractivity contribution in [2.24, 2.45) is 11.8 Å². The molecule has 2 aromatic carbocycles. The highest BCUT2D eigenvalue weighted by Crippen LogP contribution is 2.54. The number of allylic oxidation sites excluding steroid dienone is 2. The lowest BCUT2D eigenvalue weighted by atomic mass is 9.58. The van der Waals surface area contributed by atoms with Gasteiger partial charge in [-0.1, -0.05) is 35.9 Å². The maximum absolute atomic E-state index is 14.3. The van der Waals surface area contributed by atoms with Crippen molar-refractivity contribution in [1.29, 1.82) is 0 Å². The molecule has 1 fully saturated rings. The summed E-state index contributed by atoms with van der Waals surface area (Å²) in [4.78, 5) is 0. The predicted octanol–water partition coefficient (Wildman–Crippen LogP) is 7.03. The second-order valence-electron chi connectivity index (χ2n) is 7.61. The molecule has 0 N–H and O–H groups in total. The summed E-state index contributed by atoms with van der Waals surface area (Å²) in [6.07, 6.45) is 8.09. The Morgan fingerprint density at radius 1 is 1.04 bits per heavy atom. The van der Waals surface area contributed by atoms with Crippen LogP contribution in [-0.4, -0.2) is 0 Å². The van der Waals surface area contributed by atoms with Crippen LogP contribution < -0.4 is 0 Å². The summed E-state index contributed by atoms with van der Waals surface area (Å²) >= 11 is 6.09. The highest BCUT2D eigenvalue weighted by Gasteiger charge is 2.42. The molecule has 0 unspecified atom stereocenters. The van der Waals surface area contributed by atoms with Gasteiger partial charge >= 0.3 is 0 Å².